The van der Waals surface area contributed by atoms with E-state index in [4.69, 9.17) is 4.18 Å². The fourth-order valence-corrected chi connectivity index (χ4v) is 2.65. The topological polar surface area (TPSA) is 25.4 Å². The zero-order chi connectivity index (χ0) is 10.5. The van der Waals surface area contributed by atoms with Crippen LogP contribution in [0, 0.1) is 0 Å². The minimum Gasteiger partial charge on any atom is -0.424 e. The molecule has 1 aliphatic heterocycles. The summed E-state index contributed by atoms with van der Waals surface area (Å²) in [5, 5.41) is 0. The molecule has 1 aromatic heterocycles. The molecule has 0 amide bonds. The van der Waals surface area contributed by atoms with Crippen molar-refractivity contribution < 1.29 is 4.18 Å². The van der Waals surface area contributed by atoms with Gasteiger partial charge >= 0.3 is 0 Å². The number of hydrogen-bond donors (Lipinski definition) is 0. The first-order valence-electron chi connectivity index (χ1n) is 5.26. The Balaban J connectivity index is 0.00000128. The van der Waals surface area contributed by atoms with Crippen LogP contribution in [-0.2, 0) is 0 Å². The number of aromatic nitrogens is 1. The summed E-state index contributed by atoms with van der Waals surface area (Å²) in [4.78, 5) is 6.40. The maximum absolute atomic E-state index is 5.54. The second kappa shape index (κ2) is 8.86. The standard InChI is InChI=1S/C11H16N2OS.2ClH/c1-13-7-3-4-10(13)9-15-14-11-5-2-6-12-8-11;;/h2,5-6,8,10H,3-4,7,9H2,1H3;2*1H/t10-;;/m0../s1. The quantitative estimate of drug-likeness (QED) is 0.798. The molecular weight excluding hydrogens is 279 g/mol. The molecule has 1 aromatic rings. The van der Waals surface area contributed by atoms with Crippen molar-refractivity contribution in [2.75, 3.05) is 19.3 Å². The van der Waals surface area contributed by atoms with Gasteiger partial charge in [-0.3, -0.25) is 4.98 Å². The van der Waals surface area contributed by atoms with E-state index >= 15 is 0 Å². The van der Waals surface area contributed by atoms with E-state index in [0.29, 0.717) is 6.04 Å². The molecule has 1 aliphatic rings. The third-order valence-corrected chi connectivity index (χ3v) is 3.55. The van der Waals surface area contributed by atoms with Crippen LogP contribution in [0.4, 0.5) is 0 Å². The van der Waals surface area contributed by atoms with Crippen LogP contribution in [0.25, 0.3) is 0 Å². The number of rotatable bonds is 4. The summed E-state index contributed by atoms with van der Waals surface area (Å²) >= 11 is 1.53. The van der Waals surface area contributed by atoms with Gasteiger partial charge in [0.1, 0.15) is 0 Å². The summed E-state index contributed by atoms with van der Waals surface area (Å²) in [6.07, 6.45) is 6.10. The number of halogens is 2. The molecule has 1 fully saturated rings. The lowest BCUT2D eigenvalue weighted by atomic mass is 10.2. The lowest BCUT2D eigenvalue weighted by Crippen LogP contribution is -2.27. The summed E-state index contributed by atoms with van der Waals surface area (Å²) in [5.41, 5.74) is 0. The van der Waals surface area contributed by atoms with Gasteiger partial charge in [0.2, 0.25) is 0 Å². The van der Waals surface area contributed by atoms with Crippen molar-refractivity contribution in [2.45, 2.75) is 18.9 Å². The second-order valence-electron chi connectivity index (χ2n) is 3.83. The highest BCUT2D eigenvalue weighted by Gasteiger charge is 2.20. The minimum absolute atomic E-state index is 0. The lowest BCUT2D eigenvalue weighted by Gasteiger charge is -2.17. The van der Waals surface area contributed by atoms with E-state index in [1.54, 1.807) is 12.4 Å². The van der Waals surface area contributed by atoms with Gasteiger partial charge in [0.25, 0.3) is 0 Å². The molecule has 0 spiro atoms. The Bertz CT molecular complexity index is 303. The molecule has 0 bridgehead atoms. The van der Waals surface area contributed by atoms with Gasteiger partial charge in [0, 0.05) is 18.0 Å². The highest BCUT2D eigenvalue weighted by Crippen LogP contribution is 2.21. The predicted molar refractivity (Wildman–Crippen MR) is 77.5 cm³/mol. The number of pyridine rings is 1. The Morgan fingerprint density at radius 2 is 2.35 bits per heavy atom. The monoisotopic (exact) mass is 296 g/mol. The van der Waals surface area contributed by atoms with Crippen molar-refractivity contribution >= 4 is 36.9 Å². The molecule has 1 atom stereocenters. The van der Waals surface area contributed by atoms with Crippen LogP contribution in [0.15, 0.2) is 24.5 Å². The molecule has 0 radical (unpaired) electrons. The van der Waals surface area contributed by atoms with Crippen LogP contribution in [-0.4, -0.2) is 35.3 Å². The third-order valence-electron chi connectivity index (χ3n) is 2.72. The average Bonchev–Trinajstić information content (AvgIpc) is 2.66. The van der Waals surface area contributed by atoms with E-state index < -0.39 is 0 Å². The van der Waals surface area contributed by atoms with Gasteiger partial charge < -0.3 is 9.08 Å². The summed E-state index contributed by atoms with van der Waals surface area (Å²) in [6.45, 7) is 1.22. The van der Waals surface area contributed by atoms with Crippen molar-refractivity contribution in [1.29, 1.82) is 0 Å². The molecule has 0 saturated carbocycles. The Labute approximate surface area is 119 Å². The molecule has 2 heterocycles. The SMILES string of the molecule is CN1CCC[C@H]1CSOc1cccnc1.Cl.Cl. The Morgan fingerprint density at radius 3 is 2.94 bits per heavy atom. The fourth-order valence-electron chi connectivity index (χ4n) is 1.77. The van der Waals surface area contributed by atoms with Crippen LogP contribution in [0.3, 0.4) is 0 Å². The van der Waals surface area contributed by atoms with Crippen LogP contribution >= 0.6 is 36.9 Å². The molecule has 0 unspecified atom stereocenters. The largest absolute Gasteiger partial charge is 0.424 e. The zero-order valence-electron chi connectivity index (χ0n) is 9.74. The van der Waals surface area contributed by atoms with E-state index in [0.717, 1.165) is 11.5 Å². The Morgan fingerprint density at radius 1 is 1.53 bits per heavy atom. The predicted octanol–water partition coefficient (Wildman–Crippen LogP) is 3.05. The maximum Gasteiger partial charge on any atom is 0.155 e. The Hall–Kier alpha value is -0.160. The van der Waals surface area contributed by atoms with E-state index in [-0.39, 0.29) is 24.8 Å². The van der Waals surface area contributed by atoms with Gasteiger partial charge in [-0.05, 0) is 38.6 Å². The van der Waals surface area contributed by atoms with Crippen LogP contribution in [0.5, 0.6) is 5.75 Å². The van der Waals surface area contributed by atoms with Crippen molar-refractivity contribution in [1.82, 2.24) is 9.88 Å². The van der Waals surface area contributed by atoms with Crippen LogP contribution in [0.1, 0.15) is 12.8 Å². The molecule has 6 heteroatoms. The van der Waals surface area contributed by atoms with Crippen molar-refractivity contribution in [2.24, 2.45) is 0 Å². The van der Waals surface area contributed by atoms with Gasteiger partial charge in [0.15, 0.2) is 5.75 Å². The molecule has 0 aromatic carbocycles. The van der Waals surface area contributed by atoms with Gasteiger partial charge in [-0.2, -0.15) is 0 Å². The van der Waals surface area contributed by atoms with E-state index in [2.05, 4.69) is 16.9 Å². The first-order chi connectivity index (χ1) is 7.36. The van der Waals surface area contributed by atoms with Gasteiger partial charge in [-0.15, -0.1) is 24.8 Å². The summed E-state index contributed by atoms with van der Waals surface area (Å²) < 4.78 is 5.54. The van der Waals surface area contributed by atoms with Crippen molar-refractivity contribution in [3.63, 3.8) is 0 Å². The molecule has 1 saturated heterocycles. The third kappa shape index (κ3) is 5.34. The van der Waals surface area contributed by atoms with E-state index in [1.807, 2.05) is 12.1 Å². The lowest BCUT2D eigenvalue weighted by molar-refractivity contribution is 0.333. The second-order valence-corrected chi connectivity index (χ2v) is 4.57. The molecule has 0 aliphatic carbocycles. The molecule has 3 nitrogen and oxygen atoms in total. The average molecular weight is 297 g/mol. The fraction of sp³-hybridized carbons (Fsp3) is 0.545. The van der Waals surface area contributed by atoms with Crippen molar-refractivity contribution in [3.05, 3.63) is 24.5 Å². The summed E-state index contributed by atoms with van der Waals surface area (Å²) in [6, 6.07) is 4.49. The highest BCUT2D eigenvalue weighted by molar-refractivity contribution is 7.95. The molecule has 0 N–H and O–H groups in total. The normalized spacial score (nSPS) is 19.2. The van der Waals surface area contributed by atoms with Gasteiger partial charge in [-0.25, -0.2) is 0 Å². The van der Waals surface area contributed by atoms with Gasteiger partial charge in [0.05, 0.1) is 18.2 Å². The first-order valence-corrected chi connectivity index (χ1v) is 6.17. The van der Waals surface area contributed by atoms with Crippen LogP contribution < -0.4 is 4.18 Å². The smallest absolute Gasteiger partial charge is 0.155 e. The molecule has 2 rings (SSSR count). The number of hydrogen-bond acceptors (Lipinski definition) is 4. The zero-order valence-corrected chi connectivity index (χ0v) is 12.2. The number of nitrogens with zero attached hydrogens (tertiary/aromatic N) is 2. The van der Waals surface area contributed by atoms with E-state index in [1.165, 1.54) is 31.4 Å². The summed E-state index contributed by atoms with van der Waals surface area (Å²) in [7, 11) is 2.18. The molecular formula is C11H18Cl2N2OS. The maximum atomic E-state index is 5.54. The van der Waals surface area contributed by atoms with E-state index in [9.17, 15) is 0 Å². The van der Waals surface area contributed by atoms with Crippen molar-refractivity contribution in [3.8, 4) is 5.75 Å². The Kier molecular flexibility index (Phi) is 8.78. The number of likely N-dealkylation sites (tertiary alicyclic amines) is 1. The molecule has 98 valence electrons. The van der Waals surface area contributed by atoms with Gasteiger partial charge in [-0.1, -0.05) is 0 Å². The van der Waals surface area contributed by atoms with Crippen LogP contribution in [0.2, 0.25) is 0 Å². The minimum atomic E-state index is 0. The summed E-state index contributed by atoms with van der Waals surface area (Å²) in [5.74, 6) is 1.87. The highest BCUT2D eigenvalue weighted by atomic mass is 35.5. The molecule has 17 heavy (non-hydrogen) atoms. The first kappa shape index (κ1) is 16.8.